The van der Waals surface area contributed by atoms with Crippen molar-refractivity contribution in [3.63, 3.8) is 0 Å². The van der Waals surface area contributed by atoms with Crippen LogP contribution in [0.2, 0.25) is 0 Å². The monoisotopic (exact) mass is 350 g/mol. The molecule has 2 atom stereocenters. The van der Waals surface area contributed by atoms with Crippen molar-refractivity contribution in [3.05, 3.63) is 71.3 Å². The van der Waals surface area contributed by atoms with Gasteiger partial charge >= 0.3 is 0 Å². The second-order valence-electron chi connectivity index (χ2n) is 7.71. The molecule has 3 rings (SSSR count). The number of nitrogens with zero attached hydrogens (tertiary/aromatic N) is 1. The van der Waals surface area contributed by atoms with Gasteiger partial charge in [0.1, 0.15) is 6.17 Å². The molecule has 0 bridgehead atoms. The predicted octanol–water partition coefficient (Wildman–Crippen LogP) is 4.80. The first-order chi connectivity index (χ1) is 12.6. The summed E-state index contributed by atoms with van der Waals surface area (Å²) in [5.41, 5.74) is 3.29. The summed E-state index contributed by atoms with van der Waals surface area (Å²) in [6.45, 7) is 7.56. The van der Waals surface area contributed by atoms with Crippen molar-refractivity contribution in [1.29, 1.82) is 0 Å². The molecule has 1 N–H and O–H groups in total. The second kappa shape index (κ2) is 8.50. The van der Waals surface area contributed by atoms with Crippen LogP contribution in [0, 0.1) is 5.92 Å². The number of rotatable bonds is 8. The van der Waals surface area contributed by atoms with Crippen molar-refractivity contribution < 1.29 is 4.79 Å². The maximum absolute atomic E-state index is 13.0. The number of hydrogen-bond donors (Lipinski definition) is 1. The summed E-state index contributed by atoms with van der Waals surface area (Å²) in [4.78, 5) is 15.1. The van der Waals surface area contributed by atoms with Crippen LogP contribution in [0.3, 0.4) is 0 Å². The fraction of sp³-hybridized carbons (Fsp3) is 0.435. The fourth-order valence-electron chi connectivity index (χ4n) is 3.67. The standard InChI is InChI=1S/C23H30N2O/c1-17(2)15-16-24-22-20-11-7-8-12-21(20)23(26)25(22)18(3)13-14-19-9-5-4-6-10-19/h4-12,17-18,22,24H,13-16H2,1-3H3/t18-,22-/m0/s1. The minimum Gasteiger partial charge on any atom is -0.316 e. The summed E-state index contributed by atoms with van der Waals surface area (Å²) in [6, 6.07) is 18.7. The third-order valence-electron chi connectivity index (χ3n) is 5.23. The van der Waals surface area contributed by atoms with E-state index in [1.54, 1.807) is 0 Å². The minimum atomic E-state index is -0.0109. The zero-order chi connectivity index (χ0) is 18.5. The lowest BCUT2D eigenvalue weighted by Gasteiger charge is -2.32. The Bertz CT molecular complexity index is 726. The third-order valence-corrected chi connectivity index (χ3v) is 5.23. The van der Waals surface area contributed by atoms with Crippen molar-refractivity contribution in [2.24, 2.45) is 5.92 Å². The average Bonchev–Trinajstić information content (AvgIpc) is 2.93. The van der Waals surface area contributed by atoms with Crippen LogP contribution in [0.5, 0.6) is 0 Å². The maximum atomic E-state index is 13.0. The Morgan fingerprint density at radius 3 is 2.38 bits per heavy atom. The molecular formula is C23H30N2O. The zero-order valence-corrected chi connectivity index (χ0v) is 16.1. The first kappa shape index (κ1) is 18.7. The minimum absolute atomic E-state index is 0.0109. The Labute approximate surface area is 157 Å². The Balaban J connectivity index is 1.73. The van der Waals surface area contributed by atoms with Crippen molar-refractivity contribution in [2.75, 3.05) is 6.54 Å². The first-order valence-corrected chi connectivity index (χ1v) is 9.77. The molecule has 0 saturated carbocycles. The van der Waals surface area contributed by atoms with Gasteiger partial charge in [0.05, 0.1) is 0 Å². The van der Waals surface area contributed by atoms with Gasteiger partial charge in [0.2, 0.25) is 0 Å². The molecule has 1 amide bonds. The van der Waals surface area contributed by atoms with Gasteiger partial charge in [0, 0.05) is 17.2 Å². The van der Waals surface area contributed by atoms with Crippen LogP contribution in [-0.4, -0.2) is 23.4 Å². The summed E-state index contributed by atoms with van der Waals surface area (Å²) in [7, 11) is 0. The normalized spacial score (nSPS) is 17.6. The number of aryl methyl sites for hydroxylation is 1. The molecule has 2 aromatic carbocycles. The molecular weight excluding hydrogens is 320 g/mol. The van der Waals surface area contributed by atoms with Crippen LogP contribution < -0.4 is 5.32 Å². The highest BCUT2D eigenvalue weighted by atomic mass is 16.2. The number of amides is 1. The van der Waals surface area contributed by atoms with E-state index in [2.05, 4.69) is 56.4 Å². The molecule has 138 valence electrons. The first-order valence-electron chi connectivity index (χ1n) is 9.77. The average molecular weight is 351 g/mol. The summed E-state index contributed by atoms with van der Waals surface area (Å²) in [5.74, 6) is 0.807. The summed E-state index contributed by atoms with van der Waals surface area (Å²) < 4.78 is 0. The molecule has 1 aliphatic heterocycles. The molecule has 26 heavy (non-hydrogen) atoms. The molecule has 0 fully saturated rings. The van der Waals surface area contributed by atoms with Gasteiger partial charge in [-0.05, 0) is 50.3 Å². The molecule has 1 aliphatic rings. The third kappa shape index (κ3) is 4.16. The van der Waals surface area contributed by atoms with E-state index >= 15 is 0 Å². The van der Waals surface area contributed by atoms with Crippen LogP contribution in [-0.2, 0) is 6.42 Å². The molecule has 3 heteroatoms. The molecule has 2 aromatic rings. The van der Waals surface area contributed by atoms with Gasteiger partial charge < -0.3 is 4.90 Å². The van der Waals surface area contributed by atoms with Crippen LogP contribution in [0.1, 0.15) is 61.3 Å². The van der Waals surface area contributed by atoms with Gasteiger partial charge in [-0.3, -0.25) is 10.1 Å². The molecule has 0 radical (unpaired) electrons. The van der Waals surface area contributed by atoms with E-state index in [4.69, 9.17) is 0 Å². The molecule has 0 unspecified atom stereocenters. The van der Waals surface area contributed by atoms with E-state index in [9.17, 15) is 4.79 Å². The van der Waals surface area contributed by atoms with E-state index < -0.39 is 0 Å². The zero-order valence-electron chi connectivity index (χ0n) is 16.1. The molecule has 0 spiro atoms. The fourth-order valence-corrected chi connectivity index (χ4v) is 3.67. The van der Waals surface area contributed by atoms with E-state index in [-0.39, 0.29) is 18.1 Å². The molecule has 0 aliphatic carbocycles. The number of nitrogens with one attached hydrogen (secondary N) is 1. The van der Waals surface area contributed by atoms with Crippen molar-refractivity contribution in [1.82, 2.24) is 10.2 Å². The van der Waals surface area contributed by atoms with Crippen LogP contribution in [0.4, 0.5) is 0 Å². The Morgan fingerprint density at radius 1 is 0.962 bits per heavy atom. The molecule has 3 nitrogen and oxygen atoms in total. The topological polar surface area (TPSA) is 32.3 Å². The van der Waals surface area contributed by atoms with Gasteiger partial charge in [-0.25, -0.2) is 0 Å². The van der Waals surface area contributed by atoms with Crippen LogP contribution in [0.15, 0.2) is 54.6 Å². The highest BCUT2D eigenvalue weighted by Gasteiger charge is 2.38. The summed E-state index contributed by atoms with van der Waals surface area (Å²) in [5, 5.41) is 3.63. The maximum Gasteiger partial charge on any atom is 0.256 e. The largest absolute Gasteiger partial charge is 0.316 e. The molecule has 1 heterocycles. The summed E-state index contributed by atoms with van der Waals surface area (Å²) in [6.07, 6.45) is 3.05. The number of carbonyl (C=O) groups is 1. The van der Waals surface area contributed by atoms with E-state index in [0.29, 0.717) is 5.92 Å². The lowest BCUT2D eigenvalue weighted by atomic mass is 10.0. The van der Waals surface area contributed by atoms with Gasteiger partial charge in [0.25, 0.3) is 5.91 Å². The van der Waals surface area contributed by atoms with E-state index in [1.165, 1.54) is 5.56 Å². The number of carbonyl (C=O) groups excluding carboxylic acids is 1. The van der Waals surface area contributed by atoms with Crippen molar-refractivity contribution in [2.45, 2.75) is 52.2 Å². The summed E-state index contributed by atoms with van der Waals surface area (Å²) >= 11 is 0. The number of benzene rings is 2. The predicted molar refractivity (Wildman–Crippen MR) is 107 cm³/mol. The highest BCUT2D eigenvalue weighted by molar-refractivity contribution is 5.99. The van der Waals surface area contributed by atoms with Crippen LogP contribution >= 0.6 is 0 Å². The number of hydrogen-bond acceptors (Lipinski definition) is 2. The van der Waals surface area contributed by atoms with Gasteiger partial charge in [-0.15, -0.1) is 0 Å². The van der Waals surface area contributed by atoms with Gasteiger partial charge in [0.15, 0.2) is 0 Å². The lowest BCUT2D eigenvalue weighted by molar-refractivity contribution is 0.0592. The Kier molecular flexibility index (Phi) is 6.10. The molecule has 0 aromatic heterocycles. The van der Waals surface area contributed by atoms with Gasteiger partial charge in [-0.1, -0.05) is 62.4 Å². The lowest BCUT2D eigenvalue weighted by Crippen LogP contribution is -2.43. The van der Waals surface area contributed by atoms with E-state index in [0.717, 1.165) is 36.9 Å². The SMILES string of the molecule is CC(C)CCN[C@@H]1c2ccccc2C(=O)N1[C@@H](C)CCc1ccccc1. The van der Waals surface area contributed by atoms with Crippen molar-refractivity contribution >= 4 is 5.91 Å². The Hall–Kier alpha value is -2.13. The quantitative estimate of drug-likeness (QED) is 0.742. The van der Waals surface area contributed by atoms with Gasteiger partial charge in [-0.2, -0.15) is 0 Å². The van der Waals surface area contributed by atoms with Crippen LogP contribution in [0.25, 0.3) is 0 Å². The smallest absolute Gasteiger partial charge is 0.256 e. The highest BCUT2D eigenvalue weighted by Crippen LogP contribution is 2.34. The van der Waals surface area contributed by atoms with Crippen molar-refractivity contribution in [3.8, 4) is 0 Å². The second-order valence-corrected chi connectivity index (χ2v) is 7.71. The molecule has 0 saturated heterocycles. The number of fused-ring (bicyclic) bond motifs is 1. The Morgan fingerprint density at radius 2 is 1.65 bits per heavy atom. The van der Waals surface area contributed by atoms with E-state index in [1.807, 2.05) is 29.2 Å².